The van der Waals surface area contributed by atoms with E-state index in [0.29, 0.717) is 18.1 Å². The molecule has 0 amide bonds. The fourth-order valence-electron chi connectivity index (χ4n) is 4.97. The van der Waals surface area contributed by atoms with Crippen molar-refractivity contribution in [2.45, 2.75) is 50.7 Å². The lowest BCUT2D eigenvalue weighted by Gasteiger charge is -2.41. The van der Waals surface area contributed by atoms with Crippen LogP contribution in [0.3, 0.4) is 0 Å². The van der Waals surface area contributed by atoms with Crippen LogP contribution >= 0.6 is 0 Å². The predicted molar refractivity (Wildman–Crippen MR) is 115 cm³/mol. The zero-order valence-electron chi connectivity index (χ0n) is 17.1. The summed E-state index contributed by atoms with van der Waals surface area (Å²) >= 11 is 0. The maximum atomic E-state index is 8.87. The maximum Gasteiger partial charge on any atom is 0.119 e. The van der Waals surface area contributed by atoms with Gasteiger partial charge in [0.05, 0.1) is 13.2 Å². The van der Waals surface area contributed by atoms with Gasteiger partial charge in [0.2, 0.25) is 0 Å². The highest BCUT2D eigenvalue weighted by atomic mass is 16.5. The van der Waals surface area contributed by atoms with Crippen LogP contribution in [0.2, 0.25) is 0 Å². The van der Waals surface area contributed by atoms with Gasteiger partial charge in [-0.05, 0) is 79.6 Å². The molecule has 0 bridgehead atoms. The zero-order valence-corrected chi connectivity index (χ0v) is 17.1. The van der Waals surface area contributed by atoms with Crippen molar-refractivity contribution in [3.05, 3.63) is 42.0 Å². The van der Waals surface area contributed by atoms with E-state index in [2.05, 4.69) is 35.2 Å². The van der Waals surface area contributed by atoms with Crippen LogP contribution in [0.5, 0.6) is 5.75 Å². The minimum atomic E-state index is 0.338. The van der Waals surface area contributed by atoms with E-state index < -0.39 is 0 Å². The minimum absolute atomic E-state index is 0.338. The SMILES string of the molecule is COc1ccc2cc(C(=N)C3CCCN(C4CCC(OC)CC4)C3)ccc2c1. The van der Waals surface area contributed by atoms with Gasteiger partial charge in [-0.25, -0.2) is 0 Å². The topological polar surface area (TPSA) is 45.5 Å². The number of nitrogens with one attached hydrogen (secondary N) is 1. The van der Waals surface area contributed by atoms with E-state index in [0.717, 1.165) is 35.4 Å². The molecule has 0 radical (unpaired) electrons. The molecule has 28 heavy (non-hydrogen) atoms. The molecule has 1 aliphatic carbocycles. The van der Waals surface area contributed by atoms with Crippen LogP contribution in [0.15, 0.2) is 36.4 Å². The number of piperidine rings is 1. The van der Waals surface area contributed by atoms with Crippen molar-refractivity contribution in [2.75, 3.05) is 27.3 Å². The van der Waals surface area contributed by atoms with Crippen LogP contribution in [0.4, 0.5) is 0 Å². The Hall–Kier alpha value is -1.91. The van der Waals surface area contributed by atoms with Crippen molar-refractivity contribution >= 4 is 16.5 Å². The van der Waals surface area contributed by atoms with Crippen molar-refractivity contribution in [3.63, 3.8) is 0 Å². The van der Waals surface area contributed by atoms with Gasteiger partial charge in [0, 0.05) is 31.3 Å². The van der Waals surface area contributed by atoms with Crippen LogP contribution in [0, 0.1) is 11.3 Å². The Bertz CT molecular complexity index is 826. The van der Waals surface area contributed by atoms with E-state index in [1.165, 1.54) is 44.0 Å². The highest BCUT2D eigenvalue weighted by Gasteiger charge is 2.31. The number of nitrogens with zero attached hydrogens (tertiary/aromatic N) is 1. The van der Waals surface area contributed by atoms with Crippen molar-refractivity contribution in [3.8, 4) is 5.75 Å². The van der Waals surface area contributed by atoms with Gasteiger partial charge < -0.3 is 14.9 Å². The fraction of sp³-hybridized carbons (Fsp3) is 0.542. The zero-order chi connectivity index (χ0) is 19.5. The third-order valence-electron chi connectivity index (χ3n) is 6.71. The molecule has 0 aromatic heterocycles. The van der Waals surface area contributed by atoms with Crippen LogP contribution < -0.4 is 4.74 Å². The first-order valence-electron chi connectivity index (χ1n) is 10.6. The number of benzene rings is 2. The average Bonchev–Trinajstić information content (AvgIpc) is 2.78. The van der Waals surface area contributed by atoms with Gasteiger partial charge in [0.15, 0.2) is 0 Å². The molecule has 1 atom stereocenters. The molecule has 1 saturated heterocycles. The van der Waals surface area contributed by atoms with E-state index in [-0.39, 0.29) is 0 Å². The van der Waals surface area contributed by atoms with Crippen LogP contribution in [0.25, 0.3) is 10.8 Å². The summed E-state index contributed by atoms with van der Waals surface area (Å²) < 4.78 is 10.9. The molecule has 4 heteroatoms. The number of hydrogen-bond donors (Lipinski definition) is 1. The Balaban J connectivity index is 1.44. The number of ether oxygens (including phenoxy) is 2. The largest absolute Gasteiger partial charge is 0.497 e. The lowest BCUT2D eigenvalue weighted by molar-refractivity contribution is 0.0306. The minimum Gasteiger partial charge on any atom is -0.497 e. The Morgan fingerprint density at radius 1 is 0.964 bits per heavy atom. The molecule has 150 valence electrons. The second-order valence-corrected chi connectivity index (χ2v) is 8.34. The van der Waals surface area contributed by atoms with Gasteiger partial charge in [0.25, 0.3) is 0 Å². The summed E-state index contributed by atoms with van der Waals surface area (Å²) in [5.74, 6) is 1.21. The molecule has 1 saturated carbocycles. The number of rotatable bonds is 5. The first-order chi connectivity index (χ1) is 13.7. The fourth-order valence-corrected chi connectivity index (χ4v) is 4.97. The van der Waals surface area contributed by atoms with Gasteiger partial charge in [0.1, 0.15) is 5.75 Å². The number of fused-ring (bicyclic) bond motifs is 1. The van der Waals surface area contributed by atoms with Crippen molar-refractivity contribution < 1.29 is 9.47 Å². The summed E-state index contributed by atoms with van der Waals surface area (Å²) in [6.45, 7) is 2.21. The Morgan fingerprint density at radius 2 is 1.71 bits per heavy atom. The lowest BCUT2D eigenvalue weighted by Crippen LogP contribution is -2.46. The second-order valence-electron chi connectivity index (χ2n) is 8.34. The van der Waals surface area contributed by atoms with E-state index in [1.54, 1.807) is 7.11 Å². The average molecular weight is 381 g/mol. The van der Waals surface area contributed by atoms with E-state index in [1.807, 2.05) is 13.2 Å². The van der Waals surface area contributed by atoms with Crippen LogP contribution in [-0.2, 0) is 4.74 Å². The first kappa shape index (κ1) is 19.4. The number of methoxy groups -OCH3 is 2. The molecule has 2 fully saturated rings. The summed E-state index contributed by atoms with van der Waals surface area (Å²) in [5, 5.41) is 11.2. The normalized spacial score (nSPS) is 26.3. The third kappa shape index (κ3) is 4.08. The molecule has 2 aliphatic rings. The molecule has 4 rings (SSSR count). The molecule has 0 spiro atoms. The Morgan fingerprint density at radius 3 is 2.46 bits per heavy atom. The van der Waals surface area contributed by atoms with Gasteiger partial charge in [-0.2, -0.15) is 0 Å². The number of hydrogen-bond acceptors (Lipinski definition) is 4. The standard InChI is InChI=1S/C24H32N2O2/c1-27-22-11-8-21(9-12-22)26-13-3-4-20(16-26)24(25)19-6-5-18-15-23(28-2)10-7-17(18)14-19/h5-7,10,14-15,20-22,25H,3-4,8-9,11-13,16H2,1-2H3. The molecule has 1 heterocycles. The van der Waals surface area contributed by atoms with Gasteiger partial charge in [-0.3, -0.25) is 4.90 Å². The van der Waals surface area contributed by atoms with Crippen LogP contribution in [-0.4, -0.2) is 50.1 Å². The summed E-state index contributed by atoms with van der Waals surface area (Å²) in [4.78, 5) is 2.65. The molecule has 1 unspecified atom stereocenters. The molecule has 2 aromatic rings. The molecular formula is C24H32N2O2. The lowest BCUT2D eigenvalue weighted by atomic mass is 9.85. The smallest absolute Gasteiger partial charge is 0.119 e. The Labute approximate surface area is 168 Å². The van der Waals surface area contributed by atoms with Crippen LogP contribution in [0.1, 0.15) is 44.1 Å². The first-order valence-corrected chi connectivity index (χ1v) is 10.6. The van der Waals surface area contributed by atoms with Gasteiger partial charge in [-0.1, -0.05) is 18.2 Å². The molecule has 2 aromatic carbocycles. The second kappa shape index (κ2) is 8.62. The summed E-state index contributed by atoms with van der Waals surface area (Å²) in [7, 11) is 3.53. The highest BCUT2D eigenvalue weighted by Crippen LogP contribution is 2.30. The van der Waals surface area contributed by atoms with Crippen molar-refractivity contribution in [1.29, 1.82) is 5.41 Å². The predicted octanol–water partition coefficient (Wildman–Crippen LogP) is 4.89. The monoisotopic (exact) mass is 380 g/mol. The summed E-state index contributed by atoms with van der Waals surface area (Å²) in [5.41, 5.74) is 1.86. The molecule has 4 nitrogen and oxygen atoms in total. The highest BCUT2D eigenvalue weighted by molar-refractivity contribution is 6.03. The molecular weight excluding hydrogens is 348 g/mol. The Kier molecular flexibility index (Phi) is 5.98. The quantitative estimate of drug-likeness (QED) is 0.752. The van der Waals surface area contributed by atoms with Gasteiger partial charge in [-0.15, -0.1) is 0 Å². The van der Waals surface area contributed by atoms with Crippen molar-refractivity contribution in [1.82, 2.24) is 4.90 Å². The summed E-state index contributed by atoms with van der Waals surface area (Å²) in [6.07, 6.45) is 7.59. The van der Waals surface area contributed by atoms with Crippen molar-refractivity contribution in [2.24, 2.45) is 5.92 Å². The van der Waals surface area contributed by atoms with E-state index in [4.69, 9.17) is 14.9 Å². The molecule has 1 N–H and O–H groups in total. The summed E-state index contributed by atoms with van der Waals surface area (Å²) in [6, 6.07) is 13.2. The molecule has 1 aliphatic heterocycles. The third-order valence-corrected chi connectivity index (χ3v) is 6.71. The number of likely N-dealkylation sites (tertiary alicyclic amines) is 1. The van der Waals surface area contributed by atoms with E-state index >= 15 is 0 Å². The maximum absolute atomic E-state index is 8.87. The van der Waals surface area contributed by atoms with Gasteiger partial charge >= 0.3 is 0 Å². The van der Waals surface area contributed by atoms with E-state index in [9.17, 15) is 0 Å².